The van der Waals surface area contributed by atoms with Crippen molar-refractivity contribution in [1.29, 1.82) is 0 Å². The number of likely N-dealkylation sites (N-methyl/N-ethyl adjacent to an activating group) is 1. The maximum atomic E-state index is 5.82. The lowest BCUT2D eigenvalue weighted by Crippen LogP contribution is -2.28. The van der Waals surface area contributed by atoms with Crippen molar-refractivity contribution < 1.29 is 0 Å². The first-order valence-corrected chi connectivity index (χ1v) is 7.03. The minimum atomic E-state index is 0.266. The van der Waals surface area contributed by atoms with Crippen LogP contribution in [0, 0.1) is 13.8 Å². The van der Waals surface area contributed by atoms with E-state index in [0.29, 0.717) is 5.82 Å². The molecule has 112 valence electrons. The third-order valence-electron chi connectivity index (χ3n) is 3.76. The predicted molar refractivity (Wildman–Crippen MR) is 87.3 cm³/mol. The Labute approximate surface area is 126 Å². The summed E-state index contributed by atoms with van der Waals surface area (Å²) in [6, 6.07) is 8.71. The van der Waals surface area contributed by atoms with E-state index in [1.165, 1.54) is 17.5 Å². The standard InChI is InChI=1S/C16H23N5/c1-11-7-5-6-8-13(11)14(21(3)4)9-18-16-12(2)15(17)19-10-20-16/h5-8,10,14H,9H2,1-4H3,(H3,17,18,19,20). The molecule has 5 heteroatoms. The molecule has 0 aliphatic carbocycles. The fourth-order valence-corrected chi connectivity index (χ4v) is 2.37. The van der Waals surface area contributed by atoms with Crippen LogP contribution in [0.1, 0.15) is 22.7 Å². The van der Waals surface area contributed by atoms with Gasteiger partial charge in [-0.25, -0.2) is 9.97 Å². The second-order valence-corrected chi connectivity index (χ2v) is 5.45. The molecular formula is C16H23N5. The van der Waals surface area contributed by atoms with E-state index >= 15 is 0 Å². The third-order valence-corrected chi connectivity index (χ3v) is 3.76. The van der Waals surface area contributed by atoms with Crippen LogP contribution in [-0.4, -0.2) is 35.5 Å². The third kappa shape index (κ3) is 3.49. The first kappa shape index (κ1) is 15.3. The second kappa shape index (κ2) is 6.54. The van der Waals surface area contributed by atoms with Crippen molar-refractivity contribution in [1.82, 2.24) is 14.9 Å². The van der Waals surface area contributed by atoms with Gasteiger partial charge in [0.15, 0.2) is 0 Å². The summed E-state index contributed by atoms with van der Waals surface area (Å²) in [4.78, 5) is 10.5. The number of hydrogen-bond acceptors (Lipinski definition) is 5. The normalized spacial score (nSPS) is 12.4. The van der Waals surface area contributed by atoms with E-state index in [-0.39, 0.29) is 6.04 Å². The van der Waals surface area contributed by atoms with Crippen molar-refractivity contribution in [2.24, 2.45) is 0 Å². The summed E-state index contributed by atoms with van der Waals surface area (Å²) >= 11 is 0. The molecule has 1 atom stereocenters. The summed E-state index contributed by atoms with van der Waals surface area (Å²) in [5.74, 6) is 1.31. The molecule has 1 aromatic carbocycles. The molecule has 0 amide bonds. The van der Waals surface area contributed by atoms with Crippen LogP contribution in [0.3, 0.4) is 0 Å². The lowest BCUT2D eigenvalue weighted by molar-refractivity contribution is 0.310. The minimum Gasteiger partial charge on any atom is -0.383 e. The van der Waals surface area contributed by atoms with Gasteiger partial charge in [-0.05, 0) is 39.1 Å². The van der Waals surface area contributed by atoms with Crippen LogP contribution in [-0.2, 0) is 0 Å². The van der Waals surface area contributed by atoms with Crippen molar-refractivity contribution in [3.8, 4) is 0 Å². The van der Waals surface area contributed by atoms with E-state index < -0.39 is 0 Å². The highest BCUT2D eigenvalue weighted by Gasteiger charge is 2.16. The number of benzene rings is 1. The van der Waals surface area contributed by atoms with E-state index in [1.807, 2.05) is 6.92 Å². The molecule has 2 rings (SSSR count). The van der Waals surface area contributed by atoms with Gasteiger partial charge in [-0.3, -0.25) is 0 Å². The van der Waals surface area contributed by atoms with Gasteiger partial charge in [0.1, 0.15) is 18.0 Å². The van der Waals surface area contributed by atoms with Crippen LogP contribution in [0.5, 0.6) is 0 Å². The molecule has 21 heavy (non-hydrogen) atoms. The number of nitrogens with one attached hydrogen (secondary N) is 1. The predicted octanol–water partition coefficient (Wildman–Crippen LogP) is 2.39. The zero-order valence-corrected chi connectivity index (χ0v) is 13.1. The Morgan fingerprint density at radius 2 is 1.90 bits per heavy atom. The lowest BCUT2D eigenvalue weighted by Gasteiger charge is -2.27. The number of hydrogen-bond donors (Lipinski definition) is 2. The van der Waals surface area contributed by atoms with Crippen LogP contribution in [0.2, 0.25) is 0 Å². The van der Waals surface area contributed by atoms with E-state index in [2.05, 4.69) is 65.5 Å². The Balaban J connectivity index is 2.18. The topological polar surface area (TPSA) is 67.1 Å². The molecule has 0 spiro atoms. The molecule has 0 radical (unpaired) electrons. The number of nitrogens with zero attached hydrogens (tertiary/aromatic N) is 3. The highest BCUT2D eigenvalue weighted by molar-refractivity contribution is 5.54. The van der Waals surface area contributed by atoms with Crippen molar-refractivity contribution >= 4 is 11.6 Å². The van der Waals surface area contributed by atoms with Gasteiger partial charge >= 0.3 is 0 Å². The number of nitrogens with two attached hydrogens (primary N) is 1. The molecule has 1 aromatic heterocycles. The largest absolute Gasteiger partial charge is 0.383 e. The van der Waals surface area contributed by atoms with Gasteiger partial charge in [0.2, 0.25) is 0 Å². The van der Waals surface area contributed by atoms with Crippen molar-refractivity contribution in [2.75, 3.05) is 31.7 Å². The molecule has 0 fully saturated rings. The summed E-state index contributed by atoms with van der Waals surface area (Å²) < 4.78 is 0. The molecule has 0 saturated heterocycles. The fourth-order valence-electron chi connectivity index (χ4n) is 2.37. The zero-order valence-electron chi connectivity index (χ0n) is 13.1. The highest BCUT2D eigenvalue weighted by Crippen LogP contribution is 2.23. The maximum Gasteiger partial charge on any atom is 0.134 e. The molecule has 1 heterocycles. The van der Waals surface area contributed by atoms with Crippen LogP contribution in [0.15, 0.2) is 30.6 Å². The Bertz CT molecular complexity index is 609. The van der Waals surface area contributed by atoms with Crippen LogP contribution in [0.25, 0.3) is 0 Å². The van der Waals surface area contributed by atoms with Gasteiger partial charge in [-0.2, -0.15) is 0 Å². The quantitative estimate of drug-likeness (QED) is 0.883. The Hall–Kier alpha value is -2.14. The number of nitrogen functional groups attached to an aromatic ring is 1. The first-order chi connectivity index (χ1) is 10.0. The van der Waals surface area contributed by atoms with Crippen LogP contribution in [0.4, 0.5) is 11.6 Å². The highest BCUT2D eigenvalue weighted by atomic mass is 15.1. The molecule has 0 aliphatic heterocycles. The average molecular weight is 285 g/mol. The van der Waals surface area contributed by atoms with Crippen molar-refractivity contribution in [2.45, 2.75) is 19.9 Å². The van der Waals surface area contributed by atoms with Gasteiger partial charge in [0.05, 0.1) is 6.04 Å². The molecule has 0 aliphatic rings. The first-order valence-electron chi connectivity index (χ1n) is 7.03. The van der Waals surface area contributed by atoms with E-state index in [4.69, 9.17) is 5.73 Å². The molecule has 2 aromatic rings. The summed E-state index contributed by atoms with van der Waals surface area (Å²) in [7, 11) is 4.17. The Morgan fingerprint density at radius 1 is 1.19 bits per heavy atom. The van der Waals surface area contributed by atoms with E-state index in [1.54, 1.807) is 0 Å². The van der Waals surface area contributed by atoms with Crippen molar-refractivity contribution in [3.63, 3.8) is 0 Å². The summed E-state index contributed by atoms with van der Waals surface area (Å²) in [6.07, 6.45) is 1.49. The molecule has 3 N–H and O–H groups in total. The SMILES string of the molecule is Cc1ccccc1C(CNc1ncnc(N)c1C)N(C)C. The van der Waals surface area contributed by atoms with Crippen molar-refractivity contribution in [3.05, 3.63) is 47.3 Å². The zero-order chi connectivity index (χ0) is 15.4. The van der Waals surface area contributed by atoms with E-state index in [0.717, 1.165) is 17.9 Å². The number of aromatic nitrogens is 2. The summed E-state index contributed by atoms with van der Waals surface area (Å²) in [5.41, 5.74) is 9.31. The maximum absolute atomic E-state index is 5.82. The second-order valence-electron chi connectivity index (χ2n) is 5.45. The number of rotatable bonds is 5. The Kier molecular flexibility index (Phi) is 4.75. The van der Waals surface area contributed by atoms with Crippen LogP contribution < -0.4 is 11.1 Å². The summed E-state index contributed by atoms with van der Waals surface area (Å²) in [6.45, 7) is 4.82. The monoisotopic (exact) mass is 285 g/mol. The molecule has 0 saturated carbocycles. The van der Waals surface area contributed by atoms with Crippen LogP contribution >= 0.6 is 0 Å². The summed E-state index contributed by atoms with van der Waals surface area (Å²) in [5, 5.41) is 3.39. The van der Waals surface area contributed by atoms with Gasteiger partial charge in [-0.1, -0.05) is 24.3 Å². The smallest absolute Gasteiger partial charge is 0.134 e. The van der Waals surface area contributed by atoms with Gasteiger partial charge in [-0.15, -0.1) is 0 Å². The fraction of sp³-hybridized carbons (Fsp3) is 0.375. The van der Waals surface area contributed by atoms with Gasteiger partial charge in [0.25, 0.3) is 0 Å². The number of anilines is 2. The lowest BCUT2D eigenvalue weighted by atomic mass is 10.0. The van der Waals surface area contributed by atoms with Gasteiger partial charge < -0.3 is 16.0 Å². The number of aryl methyl sites for hydroxylation is 1. The minimum absolute atomic E-state index is 0.266. The van der Waals surface area contributed by atoms with Gasteiger partial charge in [0, 0.05) is 12.1 Å². The molecule has 0 bridgehead atoms. The Morgan fingerprint density at radius 3 is 2.57 bits per heavy atom. The molecule has 1 unspecified atom stereocenters. The average Bonchev–Trinajstić information content (AvgIpc) is 2.45. The molecule has 5 nitrogen and oxygen atoms in total. The molecular weight excluding hydrogens is 262 g/mol. The van der Waals surface area contributed by atoms with E-state index in [9.17, 15) is 0 Å².